The molecule has 0 aromatic carbocycles. The van der Waals surface area contributed by atoms with Gasteiger partial charge in [-0.1, -0.05) is 13.8 Å². The van der Waals surface area contributed by atoms with Gasteiger partial charge in [-0.2, -0.15) is 0 Å². The van der Waals surface area contributed by atoms with Gasteiger partial charge in [0.25, 0.3) is 0 Å². The summed E-state index contributed by atoms with van der Waals surface area (Å²) in [7, 11) is 1.43. The second-order valence-corrected chi connectivity index (χ2v) is 3.30. The maximum absolute atomic E-state index is 11.4. The molecule has 0 aliphatic heterocycles. The molecule has 72 valence electrons. The molecule has 0 saturated carbocycles. The first kappa shape index (κ1) is 11.8. The zero-order valence-electron chi connectivity index (χ0n) is 8.02. The van der Waals surface area contributed by atoms with Crippen LogP contribution in [0, 0.1) is 5.41 Å². The van der Waals surface area contributed by atoms with E-state index < -0.39 is 0 Å². The summed E-state index contributed by atoms with van der Waals surface area (Å²) in [6, 6.07) is 0. The third kappa shape index (κ3) is 2.37. The van der Waals surface area contributed by atoms with E-state index in [1.807, 2.05) is 13.8 Å². The normalized spacial score (nSPS) is 11.3. The maximum Gasteiger partial charge on any atom is 0.311 e. The lowest BCUT2D eigenvalue weighted by molar-refractivity contribution is -0.153. The van der Waals surface area contributed by atoms with Crippen molar-refractivity contribution < 1.29 is 9.53 Å². The monoisotopic (exact) mass is 192 g/mol. The van der Waals surface area contributed by atoms with Gasteiger partial charge in [0.15, 0.2) is 0 Å². The summed E-state index contributed by atoms with van der Waals surface area (Å²) in [6.07, 6.45) is 2.29. The van der Waals surface area contributed by atoms with Gasteiger partial charge in [0.2, 0.25) is 0 Å². The average molecular weight is 193 g/mol. The quantitative estimate of drug-likeness (QED) is 0.495. The van der Waals surface area contributed by atoms with Crippen LogP contribution in [0.15, 0.2) is 0 Å². The molecule has 3 heteroatoms. The van der Waals surface area contributed by atoms with E-state index in [-0.39, 0.29) is 11.4 Å². The highest BCUT2D eigenvalue weighted by Crippen LogP contribution is 2.32. The number of hydrogen-bond acceptors (Lipinski definition) is 2. The third-order valence-corrected chi connectivity index (χ3v) is 2.73. The molecule has 2 nitrogen and oxygen atoms in total. The molecule has 0 N–H and O–H groups in total. The van der Waals surface area contributed by atoms with E-state index >= 15 is 0 Å². The third-order valence-electron chi connectivity index (χ3n) is 2.55. The number of halogens is 1. The highest BCUT2D eigenvalue weighted by molar-refractivity contribution is 6.18. The Morgan fingerprint density at radius 1 is 1.42 bits per heavy atom. The van der Waals surface area contributed by atoms with Gasteiger partial charge in [0.05, 0.1) is 12.5 Å². The van der Waals surface area contributed by atoms with Gasteiger partial charge in [-0.25, -0.2) is 0 Å². The molecule has 0 aromatic heterocycles. The van der Waals surface area contributed by atoms with Gasteiger partial charge < -0.3 is 4.74 Å². The maximum atomic E-state index is 11.4. The fourth-order valence-corrected chi connectivity index (χ4v) is 1.75. The van der Waals surface area contributed by atoms with Gasteiger partial charge in [0.1, 0.15) is 0 Å². The summed E-state index contributed by atoms with van der Waals surface area (Å²) >= 11 is 5.64. The number of methoxy groups -OCH3 is 1. The van der Waals surface area contributed by atoms with Crippen molar-refractivity contribution in [2.24, 2.45) is 5.41 Å². The van der Waals surface area contributed by atoms with Crippen LogP contribution in [-0.4, -0.2) is 19.0 Å². The van der Waals surface area contributed by atoms with E-state index in [9.17, 15) is 4.79 Å². The Morgan fingerprint density at radius 2 is 1.92 bits per heavy atom. The lowest BCUT2D eigenvalue weighted by Crippen LogP contribution is -2.31. The predicted octanol–water partition coefficient (Wildman–Crippen LogP) is 2.59. The van der Waals surface area contributed by atoms with Crippen LogP contribution < -0.4 is 0 Å². The smallest absolute Gasteiger partial charge is 0.311 e. The van der Waals surface area contributed by atoms with Crippen LogP contribution in [0.2, 0.25) is 0 Å². The molecule has 0 unspecified atom stereocenters. The van der Waals surface area contributed by atoms with Crippen LogP contribution in [-0.2, 0) is 9.53 Å². The number of hydrogen-bond donors (Lipinski definition) is 0. The van der Waals surface area contributed by atoms with E-state index in [0.29, 0.717) is 12.3 Å². The summed E-state index contributed by atoms with van der Waals surface area (Å²) in [5, 5.41) is 0. The van der Waals surface area contributed by atoms with Crippen molar-refractivity contribution in [3.63, 3.8) is 0 Å². The summed E-state index contributed by atoms with van der Waals surface area (Å²) in [5.74, 6) is 0.379. The number of alkyl halides is 1. The van der Waals surface area contributed by atoms with Crippen LogP contribution in [0.3, 0.4) is 0 Å². The largest absolute Gasteiger partial charge is 0.469 e. The van der Waals surface area contributed by atoms with Crippen LogP contribution in [0.4, 0.5) is 0 Å². The molecule has 0 aliphatic carbocycles. The molecule has 0 aromatic rings. The lowest BCUT2D eigenvalue weighted by Gasteiger charge is -2.27. The fourth-order valence-electron chi connectivity index (χ4n) is 1.39. The predicted molar refractivity (Wildman–Crippen MR) is 50.4 cm³/mol. The van der Waals surface area contributed by atoms with Crippen molar-refractivity contribution in [2.75, 3.05) is 13.0 Å². The molecule has 0 rings (SSSR count). The second kappa shape index (κ2) is 5.41. The van der Waals surface area contributed by atoms with E-state index in [1.165, 1.54) is 7.11 Å². The summed E-state index contributed by atoms with van der Waals surface area (Å²) in [5.41, 5.74) is -0.351. The highest BCUT2D eigenvalue weighted by atomic mass is 35.5. The van der Waals surface area contributed by atoms with Crippen LogP contribution >= 0.6 is 11.6 Å². The van der Waals surface area contributed by atoms with Gasteiger partial charge in [-0.3, -0.25) is 4.79 Å². The van der Waals surface area contributed by atoms with Gasteiger partial charge in [-0.15, -0.1) is 11.6 Å². The summed E-state index contributed by atoms with van der Waals surface area (Å²) in [6.45, 7) is 3.99. The number of carbonyl (C=O) groups excluding carboxylic acids is 1. The Hall–Kier alpha value is -0.240. The number of carbonyl (C=O) groups is 1. The van der Waals surface area contributed by atoms with Gasteiger partial charge in [0, 0.05) is 5.88 Å². The molecule has 0 amide bonds. The minimum Gasteiger partial charge on any atom is -0.469 e. The molecule has 12 heavy (non-hydrogen) atoms. The van der Waals surface area contributed by atoms with Gasteiger partial charge >= 0.3 is 5.97 Å². The first-order valence-electron chi connectivity index (χ1n) is 4.31. The minimum atomic E-state index is -0.351. The molecule has 0 spiro atoms. The zero-order chi connectivity index (χ0) is 9.61. The minimum absolute atomic E-state index is 0.131. The Bertz CT molecular complexity index is 141. The summed E-state index contributed by atoms with van der Waals surface area (Å²) in [4.78, 5) is 11.4. The van der Waals surface area contributed by atoms with Crippen molar-refractivity contribution in [3.05, 3.63) is 0 Å². The lowest BCUT2D eigenvalue weighted by atomic mass is 9.80. The van der Waals surface area contributed by atoms with Gasteiger partial charge in [-0.05, 0) is 19.3 Å². The van der Waals surface area contributed by atoms with Crippen molar-refractivity contribution >= 4 is 17.6 Å². The standard InChI is InChI=1S/C9H17ClO2/c1-4-9(5-2,6-7-10)8(11)12-3/h4-7H2,1-3H3. The molecular formula is C9H17ClO2. The summed E-state index contributed by atoms with van der Waals surface area (Å²) < 4.78 is 4.75. The van der Waals surface area contributed by atoms with Crippen LogP contribution in [0.25, 0.3) is 0 Å². The van der Waals surface area contributed by atoms with E-state index in [0.717, 1.165) is 12.8 Å². The molecule has 0 radical (unpaired) electrons. The molecule has 0 heterocycles. The molecule has 0 saturated heterocycles. The average Bonchev–Trinajstić information content (AvgIpc) is 2.13. The van der Waals surface area contributed by atoms with Crippen molar-refractivity contribution in [1.29, 1.82) is 0 Å². The first-order chi connectivity index (χ1) is 5.66. The van der Waals surface area contributed by atoms with E-state index in [4.69, 9.17) is 16.3 Å². The molecule has 0 bridgehead atoms. The topological polar surface area (TPSA) is 26.3 Å². The van der Waals surface area contributed by atoms with E-state index in [1.54, 1.807) is 0 Å². The highest BCUT2D eigenvalue weighted by Gasteiger charge is 2.34. The Balaban J connectivity index is 4.44. The Morgan fingerprint density at radius 3 is 2.17 bits per heavy atom. The fraction of sp³-hybridized carbons (Fsp3) is 0.889. The van der Waals surface area contributed by atoms with E-state index in [2.05, 4.69) is 0 Å². The molecule has 0 fully saturated rings. The number of esters is 1. The van der Waals surface area contributed by atoms with Crippen molar-refractivity contribution in [1.82, 2.24) is 0 Å². The van der Waals surface area contributed by atoms with Crippen molar-refractivity contribution in [3.8, 4) is 0 Å². The molecular weight excluding hydrogens is 176 g/mol. The van der Waals surface area contributed by atoms with Crippen LogP contribution in [0.5, 0.6) is 0 Å². The Labute approximate surface area is 79.2 Å². The number of ether oxygens (including phenoxy) is 1. The zero-order valence-corrected chi connectivity index (χ0v) is 8.78. The second-order valence-electron chi connectivity index (χ2n) is 2.92. The molecule has 0 atom stereocenters. The first-order valence-corrected chi connectivity index (χ1v) is 4.84. The number of rotatable bonds is 5. The SMILES string of the molecule is CCC(CC)(CCCl)C(=O)OC. The van der Waals surface area contributed by atoms with Crippen LogP contribution in [0.1, 0.15) is 33.1 Å². The molecule has 0 aliphatic rings. The Kier molecular flexibility index (Phi) is 5.31. The van der Waals surface area contributed by atoms with Crippen molar-refractivity contribution in [2.45, 2.75) is 33.1 Å².